The standard InChI is InChI=1S/C12H18N2O2.ClH/c1-14(2)9-6-10-16-12(15)13-11-7-4-3-5-8-11;/h3-5,7-8H,6,9-10H2,1-2H3,(H,13,15);1H. The Bertz CT molecular complexity index is 318. The van der Waals surface area contributed by atoms with Gasteiger partial charge in [0.15, 0.2) is 0 Å². The van der Waals surface area contributed by atoms with E-state index in [4.69, 9.17) is 4.74 Å². The normalized spacial score (nSPS) is 9.59. The van der Waals surface area contributed by atoms with Crippen molar-refractivity contribution >= 4 is 24.2 Å². The van der Waals surface area contributed by atoms with Gasteiger partial charge in [-0.25, -0.2) is 4.79 Å². The minimum Gasteiger partial charge on any atom is -0.449 e. The molecule has 0 aliphatic carbocycles. The molecule has 1 N–H and O–H groups in total. The first kappa shape index (κ1) is 15.7. The number of nitrogens with zero attached hydrogens (tertiary/aromatic N) is 1. The summed E-state index contributed by atoms with van der Waals surface area (Å²) in [5.74, 6) is 0. The van der Waals surface area contributed by atoms with Gasteiger partial charge in [-0.15, -0.1) is 12.4 Å². The van der Waals surface area contributed by atoms with Gasteiger partial charge in [-0.2, -0.15) is 0 Å². The molecule has 0 spiro atoms. The van der Waals surface area contributed by atoms with Gasteiger partial charge < -0.3 is 9.64 Å². The highest BCUT2D eigenvalue weighted by molar-refractivity contribution is 5.85. The number of hydrogen-bond acceptors (Lipinski definition) is 3. The summed E-state index contributed by atoms with van der Waals surface area (Å²) in [7, 11) is 3.98. The quantitative estimate of drug-likeness (QED) is 0.826. The number of nitrogens with one attached hydrogen (secondary N) is 1. The number of para-hydroxylation sites is 1. The third-order valence-corrected chi connectivity index (χ3v) is 2.00. The second kappa shape index (κ2) is 8.84. The van der Waals surface area contributed by atoms with E-state index in [0.29, 0.717) is 6.61 Å². The summed E-state index contributed by atoms with van der Waals surface area (Å²) in [5, 5.41) is 2.66. The molecule has 0 radical (unpaired) electrons. The average Bonchev–Trinajstić information content (AvgIpc) is 2.25. The van der Waals surface area contributed by atoms with Crippen molar-refractivity contribution in [1.82, 2.24) is 4.90 Å². The fraction of sp³-hybridized carbons (Fsp3) is 0.417. The van der Waals surface area contributed by atoms with Gasteiger partial charge >= 0.3 is 6.09 Å². The van der Waals surface area contributed by atoms with Crippen molar-refractivity contribution in [3.8, 4) is 0 Å². The molecule has 0 unspecified atom stereocenters. The van der Waals surface area contributed by atoms with Crippen LogP contribution in [0.1, 0.15) is 6.42 Å². The number of hydrogen-bond donors (Lipinski definition) is 1. The van der Waals surface area contributed by atoms with E-state index in [9.17, 15) is 4.79 Å². The molecule has 0 aliphatic heterocycles. The first-order valence-electron chi connectivity index (χ1n) is 5.32. The zero-order valence-corrected chi connectivity index (χ0v) is 11.0. The highest BCUT2D eigenvalue weighted by Crippen LogP contribution is 2.05. The number of carbonyl (C=O) groups excluding carboxylic acids is 1. The van der Waals surface area contributed by atoms with Crippen LogP contribution in [0.4, 0.5) is 10.5 Å². The summed E-state index contributed by atoms with van der Waals surface area (Å²) < 4.78 is 5.02. The van der Waals surface area contributed by atoms with Crippen molar-refractivity contribution in [3.05, 3.63) is 30.3 Å². The van der Waals surface area contributed by atoms with E-state index < -0.39 is 6.09 Å². The van der Waals surface area contributed by atoms with E-state index in [-0.39, 0.29) is 12.4 Å². The molecule has 96 valence electrons. The maximum atomic E-state index is 11.3. The summed E-state index contributed by atoms with van der Waals surface area (Å²) in [6.07, 6.45) is 0.444. The van der Waals surface area contributed by atoms with Crippen molar-refractivity contribution in [1.29, 1.82) is 0 Å². The van der Waals surface area contributed by atoms with Crippen LogP contribution in [0.25, 0.3) is 0 Å². The molecule has 1 rings (SSSR count). The second-order valence-electron chi connectivity index (χ2n) is 3.78. The molecule has 0 aromatic heterocycles. The molecule has 4 nitrogen and oxygen atoms in total. The summed E-state index contributed by atoms with van der Waals surface area (Å²) in [4.78, 5) is 13.4. The highest BCUT2D eigenvalue weighted by Gasteiger charge is 2.01. The topological polar surface area (TPSA) is 41.6 Å². The van der Waals surface area contributed by atoms with Crippen LogP contribution in [0.2, 0.25) is 0 Å². The maximum Gasteiger partial charge on any atom is 0.411 e. The molecule has 0 heterocycles. The van der Waals surface area contributed by atoms with Gasteiger partial charge in [0.25, 0.3) is 0 Å². The molecule has 0 fully saturated rings. The van der Waals surface area contributed by atoms with Crippen LogP contribution in [0.5, 0.6) is 0 Å². The summed E-state index contributed by atoms with van der Waals surface area (Å²) >= 11 is 0. The minimum atomic E-state index is -0.398. The smallest absolute Gasteiger partial charge is 0.411 e. The van der Waals surface area contributed by atoms with Crippen LogP contribution in [0.15, 0.2) is 30.3 Å². The third kappa shape index (κ3) is 7.60. The molecule has 5 heteroatoms. The van der Waals surface area contributed by atoms with E-state index in [1.807, 2.05) is 44.4 Å². The van der Waals surface area contributed by atoms with Crippen LogP contribution >= 0.6 is 12.4 Å². The molecule has 1 aromatic carbocycles. The molecule has 1 aromatic rings. The van der Waals surface area contributed by atoms with E-state index in [2.05, 4.69) is 10.2 Å². The van der Waals surface area contributed by atoms with Crippen molar-refractivity contribution in [2.24, 2.45) is 0 Å². The minimum absolute atomic E-state index is 0. The first-order chi connectivity index (χ1) is 7.68. The number of amides is 1. The molecule has 0 atom stereocenters. The predicted molar refractivity (Wildman–Crippen MR) is 71.8 cm³/mol. The Kier molecular flexibility index (Phi) is 8.19. The predicted octanol–water partition coefficient (Wildman–Crippen LogP) is 2.61. The van der Waals surface area contributed by atoms with Gasteiger partial charge in [0.05, 0.1) is 6.61 Å². The van der Waals surface area contributed by atoms with E-state index >= 15 is 0 Å². The lowest BCUT2D eigenvalue weighted by Crippen LogP contribution is -2.18. The SMILES string of the molecule is CN(C)CCCOC(=O)Nc1ccccc1.Cl. The number of rotatable bonds is 5. The largest absolute Gasteiger partial charge is 0.449 e. The fourth-order valence-corrected chi connectivity index (χ4v) is 1.22. The summed E-state index contributed by atoms with van der Waals surface area (Å²) in [6, 6.07) is 9.26. The average molecular weight is 259 g/mol. The Morgan fingerprint density at radius 1 is 1.29 bits per heavy atom. The van der Waals surface area contributed by atoms with Crippen LogP contribution in [0.3, 0.4) is 0 Å². The van der Waals surface area contributed by atoms with E-state index in [1.54, 1.807) is 0 Å². The van der Waals surface area contributed by atoms with Crippen LogP contribution in [-0.2, 0) is 4.74 Å². The number of halogens is 1. The number of anilines is 1. The lowest BCUT2D eigenvalue weighted by molar-refractivity contribution is 0.156. The van der Waals surface area contributed by atoms with E-state index in [1.165, 1.54) is 0 Å². The number of ether oxygens (including phenoxy) is 1. The summed E-state index contributed by atoms with van der Waals surface area (Å²) in [5.41, 5.74) is 0.750. The molecule has 0 saturated carbocycles. The lowest BCUT2D eigenvalue weighted by atomic mass is 10.3. The zero-order valence-electron chi connectivity index (χ0n) is 10.2. The Balaban J connectivity index is 0.00000256. The van der Waals surface area contributed by atoms with Gasteiger partial charge in [-0.05, 0) is 32.6 Å². The monoisotopic (exact) mass is 258 g/mol. The highest BCUT2D eigenvalue weighted by atomic mass is 35.5. The molecule has 0 saturated heterocycles. The van der Waals surface area contributed by atoms with E-state index in [0.717, 1.165) is 18.7 Å². The fourth-order valence-electron chi connectivity index (χ4n) is 1.22. The molecule has 0 bridgehead atoms. The third-order valence-electron chi connectivity index (χ3n) is 2.00. The Labute approximate surface area is 108 Å². The molecule has 0 aliphatic rings. The zero-order chi connectivity index (χ0) is 11.8. The molecular formula is C12H19ClN2O2. The van der Waals surface area contributed by atoms with Gasteiger partial charge in [-0.1, -0.05) is 18.2 Å². The van der Waals surface area contributed by atoms with Crippen molar-refractivity contribution in [3.63, 3.8) is 0 Å². The second-order valence-corrected chi connectivity index (χ2v) is 3.78. The van der Waals surface area contributed by atoms with Crippen molar-refractivity contribution in [2.45, 2.75) is 6.42 Å². The van der Waals surface area contributed by atoms with Crippen LogP contribution < -0.4 is 5.32 Å². The van der Waals surface area contributed by atoms with Crippen LogP contribution in [-0.4, -0.2) is 38.2 Å². The molecular weight excluding hydrogens is 240 g/mol. The molecule has 17 heavy (non-hydrogen) atoms. The van der Waals surface area contributed by atoms with Gasteiger partial charge in [0, 0.05) is 12.2 Å². The number of carbonyl (C=O) groups is 1. The van der Waals surface area contributed by atoms with Gasteiger partial charge in [0.1, 0.15) is 0 Å². The Hall–Kier alpha value is -1.26. The molecule has 1 amide bonds. The van der Waals surface area contributed by atoms with Crippen molar-refractivity contribution in [2.75, 3.05) is 32.6 Å². The lowest BCUT2D eigenvalue weighted by Gasteiger charge is -2.10. The Morgan fingerprint density at radius 3 is 2.53 bits per heavy atom. The first-order valence-corrected chi connectivity index (χ1v) is 5.32. The summed E-state index contributed by atoms with van der Waals surface area (Å²) in [6.45, 7) is 1.36. The van der Waals surface area contributed by atoms with Gasteiger partial charge in [-0.3, -0.25) is 5.32 Å². The Morgan fingerprint density at radius 2 is 1.94 bits per heavy atom. The number of benzene rings is 1. The van der Waals surface area contributed by atoms with Gasteiger partial charge in [0.2, 0.25) is 0 Å². The van der Waals surface area contributed by atoms with Crippen molar-refractivity contribution < 1.29 is 9.53 Å². The maximum absolute atomic E-state index is 11.3. The van der Waals surface area contributed by atoms with Crippen LogP contribution in [0, 0.1) is 0 Å².